The van der Waals surface area contributed by atoms with E-state index in [4.69, 9.17) is 5.11 Å². The highest BCUT2D eigenvalue weighted by atomic mass is 127. The quantitative estimate of drug-likeness (QED) is 0.837. The zero-order chi connectivity index (χ0) is 10.6. The summed E-state index contributed by atoms with van der Waals surface area (Å²) in [5, 5.41) is 12.2. The van der Waals surface area contributed by atoms with E-state index in [1.807, 2.05) is 6.92 Å². The molecule has 0 aliphatic rings. The van der Waals surface area contributed by atoms with Gasteiger partial charge in [0.1, 0.15) is 0 Å². The van der Waals surface area contributed by atoms with E-state index in [1.54, 1.807) is 0 Å². The predicted molar refractivity (Wildman–Crippen MR) is 67.3 cm³/mol. The molecule has 2 N–H and O–H groups in total. The van der Waals surface area contributed by atoms with Crippen LogP contribution in [0.5, 0.6) is 0 Å². The van der Waals surface area contributed by atoms with Crippen molar-refractivity contribution < 1.29 is 5.11 Å². The number of nitrogens with one attached hydrogen (secondary N) is 1. The van der Waals surface area contributed by atoms with Crippen molar-refractivity contribution in [3.63, 3.8) is 0 Å². The smallest absolute Gasteiger partial charge is 0.0582 e. The lowest BCUT2D eigenvalue weighted by Gasteiger charge is -2.18. The van der Waals surface area contributed by atoms with Gasteiger partial charge in [-0.05, 0) is 54.1 Å². The van der Waals surface area contributed by atoms with Gasteiger partial charge >= 0.3 is 0 Å². The van der Waals surface area contributed by atoms with Crippen LogP contribution in [0.2, 0.25) is 0 Å². The Morgan fingerprint density at radius 3 is 2.36 bits per heavy atom. The first-order valence-electron chi connectivity index (χ1n) is 4.76. The molecule has 0 saturated heterocycles. The van der Waals surface area contributed by atoms with Crippen molar-refractivity contribution in [1.29, 1.82) is 0 Å². The number of benzene rings is 1. The van der Waals surface area contributed by atoms with Crippen LogP contribution in [0.15, 0.2) is 24.3 Å². The molecule has 1 rings (SSSR count). The van der Waals surface area contributed by atoms with Gasteiger partial charge in [-0.25, -0.2) is 0 Å². The summed E-state index contributed by atoms with van der Waals surface area (Å²) < 4.78 is 1.24. The molecule has 14 heavy (non-hydrogen) atoms. The molecule has 0 aliphatic heterocycles. The third-order valence-corrected chi connectivity index (χ3v) is 2.90. The van der Waals surface area contributed by atoms with Crippen LogP contribution in [0.3, 0.4) is 0 Å². The standard InChI is InChI=1S/C11H16INO/c1-8(7-14)13-9(2)10-3-5-11(12)6-4-10/h3-6,8-9,13-14H,7H2,1-2H3/t8-,9-/m0/s1. The Balaban J connectivity index is 2.60. The molecule has 0 saturated carbocycles. The van der Waals surface area contributed by atoms with E-state index in [1.165, 1.54) is 9.13 Å². The molecule has 1 aromatic carbocycles. The fraction of sp³-hybridized carbons (Fsp3) is 0.455. The van der Waals surface area contributed by atoms with Gasteiger partial charge in [0.05, 0.1) is 6.61 Å². The van der Waals surface area contributed by atoms with Gasteiger partial charge < -0.3 is 10.4 Å². The van der Waals surface area contributed by atoms with Crippen LogP contribution in [0.1, 0.15) is 25.5 Å². The van der Waals surface area contributed by atoms with Crippen molar-refractivity contribution in [2.24, 2.45) is 0 Å². The molecule has 2 atom stereocenters. The zero-order valence-corrected chi connectivity index (χ0v) is 10.7. The molecule has 0 heterocycles. The van der Waals surface area contributed by atoms with E-state index in [-0.39, 0.29) is 18.7 Å². The predicted octanol–water partition coefficient (Wildman–Crippen LogP) is 2.32. The number of hydrogen-bond acceptors (Lipinski definition) is 2. The summed E-state index contributed by atoms with van der Waals surface area (Å²) in [5.41, 5.74) is 1.26. The molecule has 2 nitrogen and oxygen atoms in total. The molecule has 0 amide bonds. The Kier molecular flexibility index (Phi) is 4.84. The monoisotopic (exact) mass is 305 g/mol. The molecule has 78 valence electrons. The van der Waals surface area contributed by atoms with Crippen LogP contribution in [0, 0.1) is 3.57 Å². The van der Waals surface area contributed by atoms with Crippen molar-refractivity contribution in [2.75, 3.05) is 6.61 Å². The summed E-state index contributed by atoms with van der Waals surface area (Å²) in [5.74, 6) is 0. The molecule has 0 bridgehead atoms. The van der Waals surface area contributed by atoms with E-state index < -0.39 is 0 Å². The van der Waals surface area contributed by atoms with E-state index >= 15 is 0 Å². The van der Waals surface area contributed by atoms with Crippen molar-refractivity contribution in [3.05, 3.63) is 33.4 Å². The maximum atomic E-state index is 8.91. The summed E-state index contributed by atoms with van der Waals surface area (Å²) in [6.45, 7) is 4.26. The van der Waals surface area contributed by atoms with Crippen LogP contribution in [-0.4, -0.2) is 17.8 Å². The van der Waals surface area contributed by atoms with Gasteiger partial charge in [-0.15, -0.1) is 0 Å². The number of halogens is 1. The largest absolute Gasteiger partial charge is 0.395 e. The summed E-state index contributed by atoms with van der Waals surface area (Å²) in [6.07, 6.45) is 0. The maximum absolute atomic E-state index is 8.91. The SMILES string of the molecule is C[C@H](N[C@@H](C)CO)c1ccc(I)cc1. The van der Waals surface area contributed by atoms with Gasteiger partial charge in [0, 0.05) is 15.7 Å². The fourth-order valence-corrected chi connectivity index (χ4v) is 1.69. The molecule has 0 fully saturated rings. The van der Waals surface area contributed by atoms with Gasteiger partial charge in [-0.1, -0.05) is 12.1 Å². The summed E-state index contributed by atoms with van der Waals surface area (Å²) >= 11 is 2.29. The Hall–Kier alpha value is -0.130. The minimum atomic E-state index is 0.143. The Bertz CT molecular complexity index is 273. The molecule has 0 unspecified atom stereocenters. The minimum Gasteiger partial charge on any atom is -0.395 e. The first kappa shape index (κ1) is 11.9. The van der Waals surface area contributed by atoms with Crippen molar-refractivity contribution in [1.82, 2.24) is 5.32 Å². The highest BCUT2D eigenvalue weighted by Gasteiger charge is 2.07. The lowest BCUT2D eigenvalue weighted by Crippen LogP contribution is -2.31. The van der Waals surface area contributed by atoms with E-state index in [2.05, 4.69) is 59.1 Å². The van der Waals surface area contributed by atoms with E-state index in [0.717, 1.165) is 0 Å². The second-order valence-electron chi connectivity index (χ2n) is 3.52. The Labute approximate surface area is 98.9 Å². The van der Waals surface area contributed by atoms with Crippen LogP contribution < -0.4 is 5.32 Å². The number of aliphatic hydroxyl groups excluding tert-OH is 1. The zero-order valence-electron chi connectivity index (χ0n) is 8.50. The lowest BCUT2D eigenvalue weighted by atomic mass is 10.1. The second kappa shape index (κ2) is 5.68. The van der Waals surface area contributed by atoms with Crippen LogP contribution in [0.4, 0.5) is 0 Å². The summed E-state index contributed by atoms with van der Waals surface area (Å²) in [7, 11) is 0. The van der Waals surface area contributed by atoms with Gasteiger partial charge in [0.15, 0.2) is 0 Å². The summed E-state index contributed by atoms with van der Waals surface area (Å²) in [6, 6.07) is 8.85. The average molecular weight is 305 g/mol. The minimum absolute atomic E-state index is 0.143. The van der Waals surface area contributed by atoms with Crippen LogP contribution in [-0.2, 0) is 0 Å². The number of hydrogen-bond donors (Lipinski definition) is 2. The van der Waals surface area contributed by atoms with Crippen LogP contribution >= 0.6 is 22.6 Å². The third-order valence-electron chi connectivity index (χ3n) is 2.18. The average Bonchev–Trinajstić information content (AvgIpc) is 2.18. The summed E-state index contributed by atoms with van der Waals surface area (Å²) in [4.78, 5) is 0. The Morgan fingerprint density at radius 1 is 1.29 bits per heavy atom. The molecule has 0 aliphatic carbocycles. The van der Waals surface area contributed by atoms with E-state index in [9.17, 15) is 0 Å². The molecular formula is C11H16INO. The molecule has 0 spiro atoms. The molecule has 1 aromatic rings. The van der Waals surface area contributed by atoms with Gasteiger partial charge in [0.2, 0.25) is 0 Å². The van der Waals surface area contributed by atoms with Crippen molar-refractivity contribution in [3.8, 4) is 0 Å². The topological polar surface area (TPSA) is 32.3 Å². The molecule has 0 radical (unpaired) electrons. The lowest BCUT2D eigenvalue weighted by molar-refractivity contribution is 0.243. The fourth-order valence-electron chi connectivity index (χ4n) is 1.33. The van der Waals surface area contributed by atoms with E-state index in [0.29, 0.717) is 0 Å². The van der Waals surface area contributed by atoms with Gasteiger partial charge in [0.25, 0.3) is 0 Å². The normalized spacial score (nSPS) is 15.1. The van der Waals surface area contributed by atoms with Gasteiger partial charge in [-0.2, -0.15) is 0 Å². The van der Waals surface area contributed by atoms with Crippen molar-refractivity contribution in [2.45, 2.75) is 25.9 Å². The third kappa shape index (κ3) is 3.55. The highest BCUT2D eigenvalue weighted by molar-refractivity contribution is 14.1. The first-order valence-corrected chi connectivity index (χ1v) is 5.83. The number of aliphatic hydroxyl groups is 1. The Morgan fingerprint density at radius 2 is 1.86 bits per heavy atom. The second-order valence-corrected chi connectivity index (χ2v) is 4.77. The van der Waals surface area contributed by atoms with Crippen LogP contribution in [0.25, 0.3) is 0 Å². The molecule has 3 heteroatoms. The maximum Gasteiger partial charge on any atom is 0.0582 e. The van der Waals surface area contributed by atoms with Crippen molar-refractivity contribution >= 4 is 22.6 Å². The number of rotatable bonds is 4. The highest BCUT2D eigenvalue weighted by Crippen LogP contribution is 2.14. The molecule has 0 aromatic heterocycles. The first-order chi connectivity index (χ1) is 6.63. The molecular weight excluding hydrogens is 289 g/mol. The van der Waals surface area contributed by atoms with Gasteiger partial charge in [-0.3, -0.25) is 0 Å².